The summed E-state index contributed by atoms with van der Waals surface area (Å²) in [6, 6.07) is 0. The van der Waals surface area contributed by atoms with Gasteiger partial charge in [-0.15, -0.1) is 0 Å². The van der Waals surface area contributed by atoms with Gasteiger partial charge in [0.2, 0.25) is 0 Å². The van der Waals surface area contributed by atoms with Crippen LogP contribution in [-0.4, -0.2) is 35.6 Å². The third-order valence-electron chi connectivity index (χ3n) is 3.38. The van der Waals surface area contributed by atoms with Crippen LogP contribution in [0.4, 0.5) is 11.5 Å². The topological polar surface area (TPSA) is 56.3 Å². The lowest BCUT2D eigenvalue weighted by atomic mass is 10.1. The Balaban J connectivity index is 2.05. The fourth-order valence-corrected chi connectivity index (χ4v) is 2.51. The van der Waals surface area contributed by atoms with Gasteiger partial charge in [-0.2, -0.15) is 5.10 Å². The molecule has 1 aliphatic rings. The van der Waals surface area contributed by atoms with Gasteiger partial charge in [0.15, 0.2) is 0 Å². The van der Waals surface area contributed by atoms with Gasteiger partial charge in [-0.3, -0.25) is 4.68 Å². The molecule has 1 saturated heterocycles. The highest BCUT2D eigenvalue weighted by Crippen LogP contribution is 2.28. The molecule has 0 saturated carbocycles. The molecular formula is C12H22N4O. The van der Waals surface area contributed by atoms with Gasteiger partial charge < -0.3 is 15.4 Å². The second-order valence-corrected chi connectivity index (χ2v) is 4.59. The largest absolute Gasteiger partial charge is 0.394 e. The Morgan fingerprint density at radius 3 is 2.53 bits per heavy atom. The number of nitrogens with two attached hydrogens (primary N) is 1. The second kappa shape index (κ2) is 4.96. The summed E-state index contributed by atoms with van der Waals surface area (Å²) < 4.78 is 7.53. The Morgan fingerprint density at radius 2 is 2.06 bits per heavy atom. The molecule has 1 aliphatic heterocycles. The average Bonchev–Trinajstić information content (AvgIpc) is 2.55. The molecule has 1 aromatic rings. The van der Waals surface area contributed by atoms with E-state index in [-0.39, 0.29) is 0 Å². The summed E-state index contributed by atoms with van der Waals surface area (Å²) in [4.78, 5) is 2.31. The Bertz CT molecular complexity index is 380. The molecule has 2 heterocycles. The summed E-state index contributed by atoms with van der Waals surface area (Å²) in [5.41, 5.74) is 7.79. The molecule has 0 amide bonds. The zero-order valence-electron chi connectivity index (χ0n) is 10.9. The molecule has 0 aromatic carbocycles. The predicted octanol–water partition coefficient (Wildman–Crippen LogP) is 1.32. The lowest BCUT2D eigenvalue weighted by molar-refractivity contribution is 0.0457. The number of nitrogens with zero attached hydrogens (tertiary/aromatic N) is 3. The van der Waals surface area contributed by atoms with Gasteiger partial charge in [0.1, 0.15) is 5.82 Å². The second-order valence-electron chi connectivity index (χ2n) is 4.59. The smallest absolute Gasteiger partial charge is 0.150 e. The van der Waals surface area contributed by atoms with Gasteiger partial charge in [0.25, 0.3) is 0 Å². The minimum Gasteiger partial charge on any atom is -0.394 e. The number of piperidine rings is 1. The van der Waals surface area contributed by atoms with Gasteiger partial charge in [-0.25, -0.2) is 0 Å². The number of aryl methyl sites for hydroxylation is 2. The molecule has 2 rings (SSSR count). The van der Waals surface area contributed by atoms with E-state index < -0.39 is 0 Å². The number of anilines is 2. The predicted molar refractivity (Wildman–Crippen MR) is 69.2 cm³/mol. The van der Waals surface area contributed by atoms with Crippen molar-refractivity contribution in [3.8, 4) is 0 Å². The molecule has 0 spiro atoms. The summed E-state index contributed by atoms with van der Waals surface area (Å²) in [6.07, 6.45) is 2.54. The van der Waals surface area contributed by atoms with Crippen molar-refractivity contribution in [2.45, 2.75) is 32.8 Å². The maximum atomic E-state index is 6.07. The summed E-state index contributed by atoms with van der Waals surface area (Å²) in [5, 5.41) is 4.36. The van der Waals surface area contributed by atoms with Gasteiger partial charge in [0.05, 0.1) is 17.5 Å². The highest BCUT2D eigenvalue weighted by molar-refractivity contribution is 5.66. The Labute approximate surface area is 103 Å². The number of rotatable bonds is 3. The van der Waals surface area contributed by atoms with Crippen molar-refractivity contribution in [2.75, 3.05) is 30.3 Å². The molecule has 2 N–H and O–H groups in total. The minimum absolute atomic E-state index is 0.409. The number of hydrogen-bond donors (Lipinski definition) is 1. The molecule has 0 aliphatic carbocycles. The van der Waals surface area contributed by atoms with Crippen molar-refractivity contribution in [1.29, 1.82) is 0 Å². The van der Waals surface area contributed by atoms with Crippen LogP contribution in [0.15, 0.2) is 0 Å². The highest BCUT2D eigenvalue weighted by atomic mass is 16.5. The van der Waals surface area contributed by atoms with Crippen LogP contribution < -0.4 is 10.6 Å². The van der Waals surface area contributed by atoms with Crippen LogP contribution in [0.2, 0.25) is 0 Å². The lowest BCUT2D eigenvalue weighted by Gasteiger charge is -2.33. The van der Waals surface area contributed by atoms with Gasteiger partial charge >= 0.3 is 0 Å². The number of ether oxygens (including phenoxy) is 1. The van der Waals surface area contributed by atoms with Crippen LogP contribution in [0.5, 0.6) is 0 Å². The molecule has 96 valence electrons. The van der Waals surface area contributed by atoms with E-state index in [4.69, 9.17) is 10.5 Å². The summed E-state index contributed by atoms with van der Waals surface area (Å²) in [5.74, 6) is 1.05. The van der Waals surface area contributed by atoms with Crippen molar-refractivity contribution in [1.82, 2.24) is 9.78 Å². The Hall–Kier alpha value is -1.23. The molecule has 0 unspecified atom stereocenters. The Morgan fingerprint density at radius 1 is 1.41 bits per heavy atom. The van der Waals surface area contributed by atoms with E-state index in [1.54, 1.807) is 0 Å². The molecule has 1 aromatic heterocycles. The van der Waals surface area contributed by atoms with Gasteiger partial charge in [-0.1, -0.05) is 0 Å². The van der Waals surface area contributed by atoms with Crippen LogP contribution in [-0.2, 0) is 11.8 Å². The van der Waals surface area contributed by atoms with Crippen LogP contribution >= 0.6 is 0 Å². The normalized spacial score (nSPS) is 17.7. The number of nitrogen functional groups attached to an aromatic ring is 1. The van der Waals surface area contributed by atoms with Gasteiger partial charge in [-0.05, 0) is 26.7 Å². The van der Waals surface area contributed by atoms with Crippen molar-refractivity contribution in [3.63, 3.8) is 0 Å². The Kier molecular flexibility index (Phi) is 3.57. The first kappa shape index (κ1) is 12.2. The molecule has 1 fully saturated rings. The van der Waals surface area contributed by atoms with Crippen molar-refractivity contribution in [3.05, 3.63) is 5.69 Å². The molecular weight excluding hydrogens is 216 g/mol. The van der Waals surface area contributed by atoms with Crippen LogP contribution in [0, 0.1) is 6.92 Å². The van der Waals surface area contributed by atoms with E-state index in [9.17, 15) is 0 Å². The quantitative estimate of drug-likeness (QED) is 0.862. The fraction of sp³-hybridized carbons (Fsp3) is 0.750. The van der Waals surface area contributed by atoms with E-state index >= 15 is 0 Å². The van der Waals surface area contributed by atoms with Crippen LogP contribution in [0.25, 0.3) is 0 Å². The van der Waals surface area contributed by atoms with Gasteiger partial charge in [0, 0.05) is 26.7 Å². The molecule has 0 atom stereocenters. The minimum atomic E-state index is 0.409. The highest BCUT2D eigenvalue weighted by Gasteiger charge is 2.23. The third kappa shape index (κ3) is 2.39. The first-order chi connectivity index (χ1) is 8.13. The van der Waals surface area contributed by atoms with E-state index in [0.717, 1.165) is 49.7 Å². The number of aromatic nitrogens is 2. The lowest BCUT2D eigenvalue weighted by Crippen LogP contribution is -2.38. The maximum Gasteiger partial charge on any atom is 0.150 e. The van der Waals surface area contributed by atoms with Crippen LogP contribution in [0.1, 0.15) is 25.5 Å². The monoisotopic (exact) mass is 238 g/mol. The summed E-state index contributed by atoms with van der Waals surface area (Å²) >= 11 is 0. The zero-order chi connectivity index (χ0) is 12.4. The van der Waals surface area contributed by atoms with Crippen LogP contribution in [0.3, 0.4) is 0 Å². The third-order valence-corrected chi connectivity index (χ3v) is 3.38. The SMILES string of the molecule is CCOC1CCN(c2c(N)c(C)nn2C)CC1. The molecule has 5 nitrogen and oxygen atoms in total. The van der Waals surface area contributed by atoms with E-state index in [1.807, 2.05) is 18.7 Å². The van der Waals surface area contributed by atoms with Crippen molar-refractivity contribution < 1.29 is 4.74 Å². The van der Waals surface area contributed by atoms with Crippen molar-refractivity contribution in [2.24, 2.45) is 7.05 Å². The summed E-state index contributed by atoms with van der Waals surface area (Å²) in [7, 11) is 1.95. The fourth-order valence-electron chi connectivity index (χ4n) is 2.51. The first-order valence-electron chi connectivity index (χ1n) is 6.29. The standard InChI is InChI=1S/C12H22N4O/c1-4-17-10-5-7-16(8-6-10)12-11(13)9(2)14-15(12)3/h10H,4-8,13H2,1-3H3. The van der Waals surface area contributed by atoms with Crippen molar-refractivity contribution >= 4 is 11.5 Å². The maximum absolute atomic E-state index is 6.07. The molecule has 0 radical (unpaired) electrons. The molecule has 17 heavy (non-hydrogen) atoms. The van der Waals surface area contributed by atoms with E-state index in [2.05, 4.69) is 16.9 Å². The van der Waals surface area contributed by atoms with E-state index in [1.165, 1.54) is 0 Å². The summed E-state index contributed by atoms with van der Waals surface area (Å²) in [6.45, 7) is 6.79. The van der Waals surface area contributed by atoms with E-state index in [0.29, 0.717) is 6.10 Å². The molecule has 5 heteroatoms. The number of hydrogen-bond acceptors (Lipinski definition) is 4. The first-order valence-corrected chi connectivity index (χ1v) is 6.29. The molecule has 0 bridgehead atoms. The zero-order valence-corrected chi connectivity index (χ0v) is 10.9. The average molecular weight is 238 g/mol.